The van der Waals surface area contributed by atoms with Crippen LogP contribution in [0, 0.1) is 0 Å². The molecule has 2 heterocycles. The Morgan fingerprint density at radius 3 is 2.68 bits per heavy atom. The number of imidazole rings is 1. The first-order valence-electron chi connectivity index (χ1n) is 11.2. The maximum atomic E-state index is 12.9. The molecule has 172 valence electrons. The molecule has 3 aromatic carbocycles. The maximum absolute atomic E-state index is 12.9. The van der Waals surface area contributed by atoms with Crippen molar-refractivity contribution in [2.75, 3.05) is 19.6 Å². The molecule has 0 saturated carbocycles. The van der Waals surface area contributed by atoms with Crippen LogP contribution < -0.4 is 5.32 Å². The normalized spacial score (nSPS) is 14.9. The number of hydrogen-bond acceptors (Lipinski definition) is 3. The number of carbonyl (C=O) groups is 1. The van der Waals surface area contributed by atoms with Gasteiger partial charge in [-0.05, 0) is 46.5 Å². The smallest absolute Gasteiger partial charge is 0.237 e. The van der Waals surface area contributed by atoms with Crippen molar-refractivity contribution >= 4 is 33.4 Å². The van der Waals surface area contributed by atoms with E-state index in [0.29, 0.717) is 24.5 Å². The highest BCUT2D eigenvalue weighted by Crippen LogP contribution is 2.33. The number of halogens is 2. The summed E-state index contributed by atoms with van der Waals surface area (Å²) in [7, 11) is 0. The van der Waals surface area contributed by atoms with Crippen LogP contribution in [0.1, 0.15) is 28.6 Å². The Labute approximate surface area is 212 Å². The van der Waals surface area contributed by atoms with Crippen LogP contribution in [0.15, 0.2) is 83.6 Å². The van der Waals surface area contributed by atoms with Gasteiger partial charge in [-0.3, -0.25) is 4.79 Å². The fraction of sp³-hybridized carbons (Fsp3) is 0.185. The molecule has 0 radical (unpaired) electrons. The van der Waals surface area contributed by atoms with Crippen LogP contribution >= 0.6 is 27.5 Å². The molecule has 1 aromatic heterocycles. The lowest BCUT2D eigenvalue weighted by molar-refractivity contribution is -0.133. The first-order valence-corrected chi connectivity index (χ1v) is 12.4. The Kier molecular flexibility index (Phi) is 6.81. The zero-order valence-corrected chi connectivity index (χ0v) is 20.8. The molecule has 0 bridgehead atoms. The van der Waals surface area contributed by atoms with Crippen LogP contribution in [0.2, 0.25) is 5.02 Å². The third-order valence-electron chi connectivity index (χ3n) is 6.16. The number of piperazine rings is 1. The Morgan fingerprint density at radius 1 is 1.06 bits per heavy atom. The van der Waals surface area contributed by atoms with E-state index in [1.165, 1.54) is 11.1 Å². The van der Waals surface area contributed by atoms with Gasteiger partial charge in [-0.15, -0.1) is 0 Å². The molecule has 1 unspecified atom stereocenters. The highest BCUT2D eigenvalue weighted by atomic mass is 79.9. The quantitative estimate of drug-likeness (QED) is 0.338. The van der Waals surface area contributed by atoms with Gasteiger partial charge in [0.05, 0.1) is 30.3 Å². The van der Waals surface area contributed by atoms with Gasteiger partial charge in [0.25, 0.3) is 0 Å². The van der Waals surface area contributed by atoms with E-state index in [2.05, 4.69) is 74.8 Å². The minimum atomic E-state index is -0.286. The SMILES string of the molecule is O=C1CNCCN1C(c1cccc(Cl)c1)c1[nH]cnc1Cc1ccccc1-c1ccc(Br)cc1. The van der Waals surface area contributed by atoms with E-state index in [0.717, 1.165) is 33.5 Å². The maximum Gasteiger partial charge on any atom is 0.237 e. The molecular formula is C27H24BrClN4O. The van der Waals surface area contributed by atoms with Crippen molar-refractivity contribution in [3.05, 3.63) is 111 Å². The summed E-state index contributed by atoms with van der Waals surface area (Å²) in [5.74, 6) is 0.0621. The molecule has 1 saturated heterocycles. The number of aromatic amines is 1. The van der Waals surface area contributed by atoms with Crippen molar-refractivity contribution < 1.29 is 4.79 Å². The van der Waals surface area contributed by atoms with Gasteiger partial charge >= 0.3 is 0 Å². The van der Waals surface area contributed by atoms with Crippen molar-refractivity contribution in [2.45, 2.75) is 12.5 Å². The third-order valence-corrected chi connectivity index (χ3v) is 6.92. The van der Waals surface area contributed by atoms with Crippen LogP contribution in [0.3, 0.4) is 0 Å². The van der Waals surface area contributed by atoms with Crippen LogP contribution in [0.4, 0.5) is 0 Å². The number of H-pyrrole nitrogens is 1. The Bertz CT molecular complexity index is 1300. The van der Waals surface area contributed by atoms with E-state index in [-0.39, 0.29) is 11.9 Å². The van der Waals surface area contributed by atoms with E-state index >= 15 is 0 Å². The second-order valence-electron chi connectivity index (χ2n) is 8.33. The van der Waals surface area contributed by atoms with E-state index in [9.17, 15) is 4.79 Å². The molecule has 2 N–H and O–H groups in total. The molecule has 7 heteroatoms. The Balaban J connectivity index is 1.55. The molecule has 5 nitrogen and oxygen atoms in total. The van der Waals surface area contributed by atoms with Crippen molar-refractivity contribution in [3.8, 4) is 11.1 Å². The van der Waals surface area contributed by atoms with Gasteiger partial charge in [0, 0.05) is 29.0 Å². The van der Waals surface area contributed by atoms with Crippen molar-refractivity contribution in [2.24, 2.45) is 0 Å². The Hall–Kier alpha value is -2.93. The molecule has 1 aliphatic rings. The van der Waals surface area contributed by atoms with Gasteiger partial charge in [-0.2, -0.15) is 0 Å². The fourth-order valence-electron chi connectivity index (χ4n) is 4.55. The number of carbonyl (C=O) groups excluding carboxylic acids is 1. The number of rotatable bonds is 6. The molecule has 34 heavy (non-hydrogen) atoms. The van der Waals surface area contributed by atoms with Gasteiger partial charge in [0.15, 0.2) is 0 Å². The van der Waals surface area contributed by atoms with E-state index in [1.807, 2.05) is 29.2 Å². The van der Waals surface area contributed by atoms with Crippen molar-refractivity contribution in [1.82, 2.24) is 20.2 Å². The summed E-state index contributed by atoms with van der Waals surface area (Å²) in [6.45, 7) is 1.69. The highest BCUT2D eigenvalue weighted by molar-refractivity contribution is 9.10. The predicted molar refractivity (Wildman–Crippen MR) is 139 cm³/mol. The number of amides is 1. The van der Waals surface area contributed by atoms with E-state index in [4.69, 9.17) is 16.6 Å². The summed E-state index contributed by atoms with van der Waals surface area (Å²) < 4.78 is 1.05. The lowest BCUT2D eigenvalue weighted by atomic mass is 9.93. The van der Waals surface area contributed by atoms with Gasteiger partial charge in [-0.25, -0.2) is 4.98 Å². The summed E-state index contributed by atoms with van der Waals surface area (Å²) >= 11 is 9.87. The first-order chi connectivity index (χ1) is 16.6. The summed E-state index contributed by atoms with van der Waals surface area (Å²) in [6, 6.07) is 24.2. The fourth-order valence-corrected chi connectivity index (χ4v) is 5.01. The number of aromatic nitrogens is 2. The van der Waals surface area contributed by atoms with E-state index < -0.39 is 0 Å². The van der Waals surface area contributed by atoms with Crippen molar-refractivity contribution in [1.29, 1.82) is 0 Å². The number of hydrogen-bond donors (Lipinski definition) is 2. The molecule has 1 fully saturated rings. The van der Waals surface area contributed by atoms with Crippen LogP contribution in [0.25, 0.3) is 11.1 Å². The molecule has 0 aliphatic carbocycles. The zero-order chi connectivity index (χ0) is 23.5. The van der Waals surface area contributed by atoms with Crippen LogP contribution in [-0.4, -0.2) is 40.4 Å². The average Bonchev–Trinajstić information content (AvgIpc) is 3.29. The topological polar surface area (TPSA) is 61.0 Å². The molecule has 5 rings (SSSR count). The van der Waals surface area contributed by atoms with Crippen LogP contribution in [-0.2, 0) is 11.2 Å². The highest BCUT2D eigenvalue weighted by Gasteiger charge is 2.31. The molecule has 0 spiro atoms. The lowest BCUT2D eigenvalue weighted by Crippen LogP contribution is -2.49. The zero-order valence-electron chi connectivity index (χ0n) is 18.5. The second kappa shape index (κ2) is 10.1. The molecular weight excluding hydrogens is 512 g/mol. The van der Waals surface area contributed by atoms with Gasteiger partial charge in [0.1, 0.15) is 0 Å². The molecule has 4 aromatic rings. The van der Waals surface area contributed by atoms with Crippen LogP contribution in [0.5, 0.6) is 0 Å². The summed E-state index contributed by atoms with van der Waals surface area (Å²) in [4.78, 5) is 22.9. The average molecular weight is 536 g/mol. The van der Waals surface area contributed by atoms with Gasteiger partial charge < -0.3 is 15.2 Å². The minimum Gasteiger partial charge on any atom is -0.346 e. The largest absolute Gasteiger partial charge is 0.346 e. The summed E-state index contributed by atoms with van der Waals surface area (Å²) in [6.07, 6.45) is 2.36. The monoisotopic (exact) mass is 534 g/mol. The third kappa shape index (κ3) is 4.80. The van der Waals surface area contributed by atoms with Crippen molar-refractivity contribution in [3.63, 3.8) is 0 Å². The number of nitrogens with zero attached hydrogens (tertiary/aromatic N) is 2. The van der Waals surface area contributed by atoms with Gasteiger partial charge in [-0.1, -0.05) is 76.1 Å². The summed E-state index contributed by atoms with van der Waals surface area (Å²) in [5, 5.41) is 3.81. The number of nitrogens with one attached hydrogen (secondary N) is 2. The Morgan fingerprint density at radius 2 is 1.88 bits per heavy atom. The first kappa shape index (κ1) is 22.8. The second-order valence-corrected chi connectivity index (χ2v) is 9.68. The summed E-state index contributed by atoms with van der Waals surface area (Å²) in [5.41, 5.74) is 6.30. The molecule has 1 aliphatic heterocycles. The molecule has 1 amide bonds. The molecule has 1 atom stereocenters. The van der Waals surface area contributed by atoms with Gasteiger partial charge in [0.2, 0.25) is 5.91 Å². The predicted octanol–water partition coefficient (Wildman–Crippen LogP) is 5.60. The minimum absolute atomic E-state index is 0.0621. The number of benzene rings is 3. The standard InChI is InChI=1S/C27H24BrClN4O/c28-21-10-8-18(9-11-21)23-7-2-1-4-19(23)15-24-26(32-17-31-24)27(20-5-3-6-22(29)14-20)33-13-12-30-16-25(33)34/h1-11,14,17,27,30H,12-13,15-16H2,(H,31,32). The van der Waals surface area contributed by atoms with E-state index in [1.54, 1.807) is 6.33 Å². The lowest BCUT2D eigenvalue weighted by Gasteiger charge is -2.35.